The second-order valence-corrected chi connectivity index (χ2v) is 9.63. The zero-order valence-electron chi connectivity index (χ0n) is 16.9. The van der Waals surface area contributed by atoms with E-state index in [1.807, 2.05) is 39.0 Å². The lowest BCUT2D eigenvalue weighted by Crippen LogP contribution is -2.24. The summed E-state index contributed by atoms with van der Waals surface area (Å²) in [4.78, 5) is 39.7. The van der Waals surface area contributed by atoms with Crippen molar-refractivity contribution in [2.24, 2.45) is 0 Å². The van der Waals surface area contributed by atoms with Gasteiger partial charge in [-0.15, -0.1) is 11.3 Å². The quantitative estimate of drug-likeness (QED) is 0.350. The van der Waals surface area contributed by atoms with Crippen molar-refractivity contribution in [1.29, 1.82) is 0 Å². The number of hydrogen-bond acceptors (Lipinski definition) is 7. The zero-order valence-corrected chi connectivity index (χ0v) is 18.6. The van der Waals surface area contributed by atoms with Crippen molar-refractivity contribution in [2.45, 2.75) is 44.1 Å². The number of nitrogens with zero attached hydrogens (tertiary/aromatic N) is 3. The summed E-state index contributed by atoms with van der Waals surface area (Å²) in [5.74, 6) is 0.551. The fraction of sp³-hybridized carbons (Fsp3) is 0.333. The molecule has 7 nitrogen and oxygen atoms in total. The molecule has 0 aliphatic carbocycles. The second kappa shape index (κ2) is 8.33. The molecule has 1 atom stereocenters. The van der Waals surface area contributed by atoms with Gasteiger partial charge in [-0.25, -0.2) is 9.97 Å². The Kier molecular flexibility index (Phi) is 5.77. The smallest absolute Gasteiger partial charge is 0.262 e. The number of thiophene rings is 1. The van der Waals surface area contributed by atoms with Crippen LogP contribution in [-0.4, -0.2) is 31.2 Å². The summed E-state index contributed by atoms with van der Waals surface area (Å²) in [5.41, 5.74) is 1.31. The van der Waals surface area contributed by atoms with Crippen LogP contribution in [-0.2, 0) is 6.54 Å². The highest BCUT2D eigenvalue weighted by molar-refractivity contribution is 7.99. The van der Waals surface area contributed by atoms with Gasteiger partial charge in [0.15, 0.2) is 5.16 Å². The Morgan fingerprint density at radius 3 is 2.77 bits per heavy atom. The number of benzene rings is 1. The van der Waals surface area contributed by atoms with E-state index in [0.29, 0.717) is 40.2 Å². The molecule has 0 aliphatic rings. The molecule has 0 saturated heterocycles. The van der Waals surface area contributed by atoms with Crippen LogP contribution in [0.5, 0.6) is 0 Å². The summed E-state index contributed by atoms with van der Waals surface area (Å²) in [6.45, 7) is 6.20. The number of aryl methyl sites for hydroxylation is 2. The number of aromatic nitrogens is 4. The molecule has 156 valence electrons. The first-order chi connectivity index (χ1) is 14.4. The Balaban J connectivity index is 1.77. The van der Waals surface area contributed by atoms with Gasteiger partial charge < -0.3 is 10.1 Å². The highest BCUT2D eigenvalue weighted by atomic mass is 32.2. The average molecular weight is 443 g/mol. The number of nitrogens with one attached hydrogen (secondary N) is 1. The first kappa shape index (κ1) is 20.8. The molecule has 2 N–H and O–H groups in total. The second-order valence-electron chi connectivity index (χ2n) is 7.12. The van der Waals surface area contributed by atoms with E-state index in [2.05, 4.69) is 15.0 Å². The highest BCUT2D eigenvalue weighted by Crippen LogP contribution is 2.33. The van der Waals surface area contributed by atoms with Crippen molar-refractivity contribution in [1.82, 2.24) is 19.5 Å². The molecule has 1 aromatic carbocycles. The van der Waals surface area contributed by atoms with Crippen LogP contribution in [0.25, 0.3) is 21.1 Å². The molecular formula is C21H22N4O3S2. The first-order valence-electron chi connectivity index (χ1n) is 9.67. The molecule has 0 amide bonds. The molecule has 0 bridgehead atoms. The molecular weight excluding hydrogens is 420 g/mol. The number of aliphatic hydroxyl groups is 1. The topological polar surface area (TPSA) is 101 Å². The van der Waals surface area contributed by atoms with E-state index in [4.69, 9.17) is 0 Å². The maximum absolute atomic E-state index is 13.0. The predicted molar refractivity (Wildman–Crippen MR) is 122 cm³/mol. The third kappa shape index (κ3) is 3.68. The SMILES string of the molecule is Cc1sc2nc(C(C)Sc3nc4ccccc4c(=O)n3CCCO)[nH]c(=O)c2c1C. The summed E-state index contributed by atoms with van der Waals surface area (Å²) in [7, 11) is 0. The number of rotatable bonds is 6. The number of fused-ring (bicyclic) bond motifs is 2. The van der Waals surface area contributed by atoms with E-state index >= 15 is 0 Å². The molecule has 4 aromatic rings. The van der Waals surface area contributed by atoms with Crippen molar-refractivity contribution in [3.05, 3.63) is 61.2 Å². The Morgan fingerprint density at radius 1 is 1.23 bits per heavy atom. The van der Waals surface area contributed by atoms with E-state index in [1.165, 1.54) is 23.1 Å². The summed E-state index contributed by atoms with van der Waals surface area (Å²) in [6.07, 6.45) is 0.455. The maximum atomic E-state index is 13.0. The van der Waals surface area contributed by atoms with E-state index in [0.717, 1.165) is 15.3 Å². The van der Waals surface area contributed by atoms with Crippen molar-refractivity contribution < 1.29 is 5.11 Å². The molecule has 30 heavy (non-hydrogen) atoms. The average Bonchev–Trinajstić information content (AvgIpc) is 3.02. The molecule has 3 aromatic heterocycles. The largest absolute Gasteiger partial charge is 0.396 e. The Labute approximate surface area is 180 Å². The molecule has 1 unspecified atom stereocenters. The normalized spacial score (nSPS) is 12.7. The molecule has 9 heteroatoms. The monoisotopic (exact) mass is 442 g/mol. The van der Waals surface area contributed by atoms with Gasteiger partial charge >= 0.3 is 0 Å². The number of H-pyrrole nitrogens is 1. The van der Waals surface area contributed by atoms with Gasteiger partial charge in [0.05, 0.1) is 21.5 Å². The van der Waals surface area contributed by atoms with Crippen LogP contribution in [0, 0.1) is 13.8 Å². The minimum absolute atomic E-state index is 0.0124. The number of para-hydroxylation sites is 1. The molecule has 0 spiro atoms. The molecule has 0 radical (unpaired) electrons. The summed E-state index contributed by atoms with van der Waals surface area (Å²) in [6, 6.07) is 7.23. The Hall–Kier alpha value is -2.49. The van der Waals surface area contributed by atoms with Crippen molar-refractivity contribution >= 4 is 44.2 Å². The third-order valence-electron chi connectivity index (χ3n) is 5.09. The van der Waals surface area contributed by atoms with Gasteiger partial charge in [-0.1, -0.05) is 23.9 Å². The molecule has 3 heterocycles. The maximum Gasteiger partial charge on any atom is 0.262 e. The molecule has 0 aliphatic heterocycles. The van der Waals surface area contributed by atoms with E-state index in [9.17, 15) is 14.7 Å². The van der Waals surface area contributed by atoms with E-state index < -0.39 is 0 Å². The number of aliphatic hydroxyl groups excluding tert-OH is 1. The number of aromatic amines is 1. The highest BCUT2D eigenvalue weighted by Gasteiger charge is 2.19. The van der Waals surface area contributed by atoms with Gasteiger partial charge in [0, 0.05) is 18.0 Å². The fourth-order valence-electron chi connectivity index (χ4n) is 3.34. The van der Waals surface area contributed by atoms with Crippen molar-refractivity contribution in [3.8, 4) is 0 Å². The number of thioether (sulfide) groups is 1. The Bertz CT molecular complexity index is 1360. The lowest BCUT2D eigenvalue weighted by molar-refractivity contribution is 0.276. The fourth-order valence-corrected chi connectivity index (χ4v) is 5.37. The molecule has 4 rings (SSSR count). The van der Waals surface area contributed by atoms with Crippen LogP contribution in [0.15, 0.2) is 39.0 Å². The van der Waals surface area contributed by atoms with Gasteiger partial charge in [-0.2, -0.15) is 0 Å². The number of hydrogen-bond donors (Lipinski definition) is 2. The van der Waals surface area contributed by atoms with Crippen LogP contribution in [0.2, 0.25) is 0 Å². The minimum atomic E-state index is -0.224. The minimum Gasteiger partial charge on any atom is -0.396 e. The van der Waals surface area contributed by atoms with Gasteiger partial charge in [0.1, 0.15) is 10.7 Å². The van der Waals surface area contributed by atoms with Crippen molar-refractivity contribution in [3.63, 3.8) is 0 Å². The van der Waals surface area contributed by atoms with Gasteiger partial charge in [0.25, 0.3) is 11.1 Å². The van der Waals surface area contributed by atoms with Crippen LogP contribution in [0.3, 0.4) is 0 Å². The summed E-state index contributed by atoms with van der Waals surface area (Å²) < 4.78 is 1.59. The van der Waals surface area contributed by atoms with Crippen LogP contribution in [0.1, 0.15) is 34.9 Å². The molecule has 0 fully saturated rings. The summed E-state index contributed by atoms with van der Waals surface area (Å²) in [5, 5.41) is 10.8. The van der Waals surface area contributed by atoms with Crippen LogP contribution >= 0.6 is 23.1 Å². The van der Waals surface area contributed by atoms with Gasteiger partial charge in [-0.3, -0.25) is 14.2 Å². The lowest BCUT2D eigenvalue weighted by atomic mass is 10.2. The zero-order chi connectivity index (χ0) is 21.4. The van der Waals surface area contributed by atoms with Crippen LogP contribution in [0.4, 0.5) is 0 Å². The van der Waals surface area contributed by atoms with Gasteiger partial charge in [0.2, 0.25) is 0 Å². The lowest BCUT2D eigenvalue weighted by Gasteiger charge is -2.16. The molecule has 0 saturated carbocycles. The predicted octanol–water partition coefficient (Wildman–Crippen LogP) is 3.55. The van der Waals surface area contributed by atoms with E-state index in [-0.39, 0.29) is 23.0 Å². The van der Waals surface area contributed by atoms with Crippen LogP contribution < -0.4 is 11.1 Å². The van der Waals surface area contributed by atoms with E-state index in [1.54, 1.807) is 10.6 Å². The summed E-state index contributed by atoms with van der Waals surface area (Å²) >= 11 is 2.88. The van der Waals surface area contributed by atoms with Gasteiger partial charge in [-0.05, 0) is 44.9 Å². The van der Waals surface area contributed by atoms with Crippen molar-refractivity contribution in [2.75, 3.05) is 6.61 Å². The standard InChI is InChI=1S/C21H22N4O3S2/c1-11-12(2)29-19-16(11)18(27)23-17(24-19)13(3)30-21-22-15-8-5-4-7-14(15)20(28)25(21)9-6-10-26/h4-5,7-8,13,26H,6,9-10H2,1-3H3,(H,23,24,27). The first-order valence-corrected chi connectivity index (χ1v) is 11.4. The Morgan fingerprint density at radius 2 is 2.00 bits per heavy atom. The third-order valence-corrected chi connectivity index (χ3v) is 7.29.